The molecule has 5 nitrogen and oxygen atoms in total. The number of anilines is 2. The number of methoxy groups -OCH3 is 1. The van der Waals surface area contributed by atoms with Gasteiger partial charge in [-0.15, -0.1) is 0 Å². The SMILES string of the molecule is COc1ccc2c(c1)C(C)(C)C/C=C(c1ccc(N(C)CCSC(=N)N)cc1)\C=C/N2. The van der Waals surface area contributed by atoms with Gasteiger partial charge in [0.25, 0.3) is 0 Å². The largest absolute Gasteiger partial charge is 0.497 e. The minimum Gasteiger partial charge on any atom is -0.497 e. The Labute approximate surface area is 189 Å². The van der Waals surface area contributed by atoms with Gasteiger partial charge in [-0.2, -0.15) is 0 Å². The summed E-state index contributed by atoms with van der Waals surface area (Å²) in [6.45, 7) is 5.37. The zero-order valence-corrected chi connectivity index (χ0v) is 19.6. The zero-order chi connectivity index (χ0) is 22.4. The Balaban J connectivity index is 1.79. The predicted octanol–water partition coefficient (Wildman–Crippen LogP) is 5.45. The van der Waals surface area contributed by atoms with E-state index in [1.54, 1.807) is 7.11 Å². The molecule has 164 valence electrons. The highest BCUT2D eigenvalue weighted by Crippen LogP contribution is 2.37. The number of ether oxygens (including phenoxy) is 1. The van der Waals surface area contributed by atoms with Gasteiger partial charge in [-0.1, -0.05) is 43.8 Å². The van der Waals surface area contributed by atoms with E-state index in [2.05, 4.69) is 79.7 Å². The number of nitrogens with zero attached hydrogens (tertiary/aromatic N) is 1. The van der Waals surface area contributed by atoms with Gasteiger partial charge < -0.3 is 20.7 Å². The molecule has 0 aromatic heterocycles. The fraction of sp³-hybridized carbons (Fsp3) is 0.320. The second-order valence-corrected chi connectivity index (χ2v) is 9.45. The third kappa shape index (κ3) is 5.85. The maximum absolute atomic E-state index is 7.32. The van der Waals surface area contributed by atoms with Crippen LogP contribution in [0.15, 0.2) is 60.8 Å². The number of thioether (sulfide) groups is 1. The van der Waals surface area contributed by atoms with Crippen LogP contribution in [0.2, 0.25) is 0 Å². The van der Waals surface area contributed by atoms with E-state index in [0.717, 1.165) is 35.8 Å². The van der Waals surface area contributed by atoms with Crippen molar-refractivity contribution in [2.75, 3.05) is 36.7 Å². The van der Waals surface area contributed by atoms with Gasteiger partial charge in [0, 0.05) is 36.9 Å². The molecule has 0 amide bonds. The van der Waals surface area contributed by atoms with E-state index in [1.165, 1.54) is 28.5 Å². The van der Waals surface area contributed by atoms with Crippen LogP contribution in [-0.4, -0.2) is 31.6 Å². The molecule has 4 N–H and O–H groups in total. The molecule has 0 atom stereocenters. The first-order valence-corrected chi connectivity index (χ1v) is 11.4. The summed E-state index contributed by atoms with van der Waals surface area (Å²) in [5.74, 6) is 1.68. The van der Waals surface area contributed by atoms with E-state index < -0.39 is 0 Å². The average Bonchev–Trinajstić information content (AvgIpc) is 2.81. The molecule has 3 rings (SSSR count). The normalized spacial score (nSPS) is 17.6. The van der Waals surface area contributed by atoms with E-state index in [4.69, 9.17) is 15.9 Å². The molecular weight excluding hydrogens is 404 g/mol. The van der Waals surface area contributed by atoms with Crippen LogP contribution in [0.25, 0.3) is 5.57 Å². The molecule has 1 heterocycles. The molecule has 0 radical (unpaired) electrons. The van der Waals surface area contributed by atoms with Crippen LogP contribution in [0.5, 0.6) is 5.75 Å². The fourth-order valence-electron chi connectivity index (χ4n) is 3.64. The molecule has 31 heavy (non-hydrogen) atoms. The van der Waals surface area contributed by atoms with Gasteiger partial charge in [0.1, 0.15) is 5.75 Å². The minimum absolute atomic E-state index is 0.0390. The van der Waals surface area contributed by atoms with Crippen LogP contribution in [0.3, 0.4) is 0 Å². The van der Waals surface area contributed by atoms with Crippen LogP contribution < -0.4 is 20.7 Å². The summed E-state index contributed by atoms with van der Waals surface area (Å²) < 4.78 is 5.45. The van der Waals surface area contributed by atoms with Gasteiger partial charge in [-0.05, 0) is 64.9 Å². The van der Waals surface area contributed by atoms with Crippen molar-refractivity contribution in [1.29, 1.82) is 5.41 Å². The molecule has 1 aliphatic rings. The highest BCUT2D eigenvalue weighted by molar-refractivity contribution is 8.13. The summed E-state index contributed by atoms with van der Waals surface area (Å²) in [5.41, 5.74) is 11.3. The lowest BCUT2D eigenvalue weighted by Gasteiger charge is -2.27. The summed E-state index contributed by atoms with van der Waals surface area (Å²) >= 11 is 1.37. The lowest BCUT2D eigenvalue weighted by molar-refractivity contribution is 0.412. The van der Waals surface area contributed by atoms with Crippen molar-refractivity contribution in [3.8, 4) is 5.75 Å². The van der Waals surface area contributed by atoms with Crippen molar-refractivity contribution in [3.05, 3.63) is 71.9 Å². The molecule has 2 aromatic carbocycles. The van der Waals surface area contributed by atoms with Crippen LogP contribution >= 0.6 is 11.8 Å². The van der Waals surface area contributed by atoms with Gasteiger partial charge in [0.2, 0.25) is 0 Å². The maximum atomic E-state index is 7.32. The monoisotopic (exact) mass is 436 g/mol. The van der Waals surface area contributed by atoms with Gasteiger partial charge in [0.15, 0.2) is 5.17 Å². The van der Waals surface area contributed by atoms with E-state index in [1.807, 2.05) is 12.3 Å². The lowest BCUT2D eigenvalue weighted by atomic mass is 9.80. The highest BCUT2D eigenvalue weighted by Gasteiger charge is 2.24. The van der Waals surface area contributed by atoms with Gasteiger partial charge in [0.05, 0.1) is 7.11 Å². The van der Waals surface area contributed by atoms with Crippen molar-refractivity contribution in [1.82, 2.24) is 0 Å². The summed E-state index contributed by atoms with van der Waals surface area (Å²) in [6.07, 6.45) is 7.38. The molecule has 0 unspecified atom stereocenters. The second-order valence-electron chi connectivity index (χ2n) is 8.32. The Morgan fingerprint density at radius 1 is 1.23 bits per heavy atom. The number of nitrogens with one attached hydrogen (secondary N) is 2. The predicted molar refractivity (Wildman–Crippen MR) is 135 cm³/mol. The smallest absolute Gasteiger partial charge is 0.151 e. The standard InChI is InChI=1S/C25H32N4OS/c1-25(2)13-11-19(12-14-28-23-10-9-21(30-4)17-22(23)25)18-5-7-20(8-6-18)29(3)15-16-31-24(26)27/h5-12,14,17,28H,13,15-16H2,1-4H3,(H3,26,27)/b14-12-,19-11+. The van der Waals surface area contributed by atoms with Gasteiger partial charge in [-0.25, -0.2) is 0 Å². The van der Waals surface area contributed by atoms with Crippen LogP contribution in [0, 0.1) is 5.41 Å². The first kappa shape index (κ1) is 22.8. The minimum atomic E-state index is -0.0390. The molecular formula is C25H32N4OS. The topological polar surface area (TPSA) is 74.4 Å². The number of hydrogen-bond acceptors (Lipinski definition) is 5. The Hall–Kier alpha value is -2.86. The van der Waals surface area contributed by atoms with Crippen molar-refractivity contribution < 1.29 is 4.74 Å². The molecule has 0 saturated carbocycles. The van der Waals surface area contributed by atoms with E-state index in [9.17, 15) is 0 Å². The molecule has 2 aromatic rings. The van der Waals surface area contributed by atoms with Crippen molar-refractivity contribution in [2.24, 2.45) is 5.73 Å². The number of allylic oxidation sites excluding steroid dienone is 3. The Bertz CT molecular complexity index is 980. The highest BCUT2D eigenvalue weighted by atomic mass is 32.2. The third-order valence-electron chi connectivity index (χ3n) is 5.62. The Morgan fingerprint density at radius 2 is 1.97 bits per heavy atom. The number of hydrogen-bond donors (Lipinski definition) is 3. The molecule has 0 spiro atoms. The number of rotatable bonds is 6. The number of amidine groups is 1. The summed E-state index contributed by atoms with van der Waals surface area (Å²) in [6, 6.07) is 14.8. The van der Waals surface area contributed by atoms with Crippen molar-refractivity contribution in [2.45, 2.75) is 25.7 Å². The van der Waals surface area contributed by atoms with Gasteiger partial charge in [-0.3, -0.25) is 5.41 Å². The second kappa shape index (κ2) is 9.96. The van der Waals surface area contributed by atoms with Crippen molar-refractivity contribution >= 4 is 33.9 Å². The molecule has 0 saturated heterocycles. The van der Waals surface area contributed by atoms with Crippen LogP contribution in [-0.2, 0) is 5.41 Å². The third-order valence-corrected chi connectivity index (χ3v) is 6.31. The summed E-state index contributed by atoms with van der Waals surface area (Å²) in [4.78, 5) is 2.18. The molecule has 1 aliphatic heterocycles. The number of fused-ring (bicyclic) bond motifs is 1. The van der Waals surface area contributed by atoms with Crippen LogP contribution in [0.4, 0.5) is 11.4 Å². The van der Waals surface area contributed by atoms with E-state index >= 15 is 0 Å². The molecule has 0 fully saturated rings. The van der Waals surface area contributed by atoms with Crippen LogP contribution in [0.1, 0.15) is 31.4 Å². The lowest BCUT2D eigenvalue weighted by Crippen LogP contribution is -2.21. The quantitative estimate of drug-likeness (QED) is 0.415. The van der Waals surface area contributed by atoms with E-state index in [0.29, 0.717) is 0 Å². The average molecular weight is 437 g/mol. The fourth-order valence-corrected chi connectivity index (χ4v) is 4.23. The molecule has 0 bridgehead atoms. The van der Waals surface area contributed by atoms with Gasteiger partial charge >= 0.3 is 0 Å². The number of benzene rings is 2. The first-order chi connectivity index (χ1) is 14.8. The zero-order valence-electron chi connectivity index (χ0n) is 18.7. The number of nitrogens with two attached hydrogens (primary N) is 1. The molecule has 6 heteroatoms. The first-order valence-electron chi connectivity index (χ1n) is 10.4. The Morgan fingerprint density at radius 3 is 2.65 bits per heavy atom. The Kier molecular flexibility index (Phi) is 7.33. The maximum Gasteiger partial charge on any atom is 0.151 e. The molecule has 0 aliphatic carbocycles. The van der Waals surface area contributed by atoms with Crippen molar-refractivity contribution in [3.63, 3.8) is 0 Å². The van der Waals surface area contributed by atoms with E-state index in [-0.39, 0.29) is 10.6 Å². The summed E-state index contributed by atoms with van der Waals surface area (Å²) in [7, 11) is 3.77. The summed E-state index contributed by atoms with van der Waals surface area (Å²) in [5, 5.41) is 10.9.